The standard InChI is InChI=1S/C19H23ClN4O/c1-13-11-14(2)23-19(22-13)24-9-7-15(8-10-24)18(25)21-12-16-5-3-4-6-17(16)20/h3-6,11,15H,7-10,12H2,1-2H3,(H,21,25). The van der Waals surface area contributed by atoms with Gasteiger partial charge in [0.1, 0.15) is 0 Å². The molecule has 3 rings (SSSR count). The van der Waals surface area contributed by atoms with Crippen LogP contribution in [0.3, 0.4) is 0 Å². The molecule has 2 heterocycles. The van der Waals surface area contributed by atoms with Gasteiger partial charge >= 0.3 is 0 Å². The van der Waals surface area contributed by atoms with E-state index in [0.29, 0.717) is 11.6 Å². The van der Waals surface area contributed by atoms with Crippen LogP contribution >= 0.6 is 11.6 Å². The van der Waals surface area contributed by atoms with E-state index in [1.54, 1.807) is 0 Å². The van der Waals surface area contributed by atoms with Crippen LogP contribution in [0.15, 0.2) is 30.3 Å². The second-order valence-electron chi connectivity index (χ2n) is 6.52. The largest absolute Gasteiger partial charge is 0.352 e. The molecule has 1 fully saturated rings. The van der Waals surface area contributed by atoms with E-state index in [-0.39, 0.29) is 11.8 Å². The van der Waals surface area contributed by atoms with Gasteiger partial charge in [0.15, 0.2) is 0 Å². The number of nitrogens with zero attached hydrogens (tertiary/aromatic N) is 3. The molecule has 2 aromatic rings. The van der Waals surface area contributed by atoms with Gasteiger partial charge in [-0.25, -0.2) is 9.97 Å². The quantitative estimate of drug-likeness (QED) is 0.911. The number of hydrogen-bond donors (Lipinski definition) is 1. The molecule has 0 aliphatic carbocycles. The number of piperidine rings is 1. The zero-order valence-electron chi connectivity index (χ0n) is 14.6. The molecule has 1 amide bonds. The molecule has 0 saturated carbocycles. The summed E-state index contributed by atoms with van der Waals surface area (Å²) in [5.41, 5.74) is 2.89. The smallest absolute Gasteiger partial charge is 0.225 e. The first kappa shape index (κ1) is 17.7. The molecular formula is C19H23ClN4O. The molecule has 0 atom stereocenters. The molecule has 0 radical (unpaired) electrons. The molecule has 1 N–H and O–H groups in total. The lowest BCUT2D eigenvalue weighted by Gasteiger charge is -2.31. The molecule has 1 aliphatic rings. The maximum Gasteiger partial charge on any atom is 0.225 e. The Morgan fingerprint density at radius 3 is 2.48 bits per heavy atom. The number of amides is 1. The minimum Gasteiger partial charge on any atom is -0.352 e. The molecule has 6 heteroatoms. The van der Waals surface area contributed by atoms with E-state index in [1.807, 2.05) is 44.2 Å². The molecule has 0 unspecified atom stereocenters. The molecule has 1 aromatic heterocycles. The zero-order valence-corrected chi connectivity index (χ0v) is 15.4. The molecule has 5 nitrogen and oxygen atoms in total. The van der Waals surface area contributed by atoms with Gasteiger partial charge in [0.25, 0.3) is 0 Å². The number of aromatic nitrogens is 2. The first-order chi connectivity index (χ1) is 12.0. The van der Waals surface area contributed by atoms with Crippen LogP contribution in [-0.2, 0) is 11.3 Å². The molecule has 25 heavy (non-hydrogen) atoms. The molecule has 1 aromatic carbocycles. The Balaban J connectivity index is 1.53. The first-order valence-corrected chi connectivity index (χ1v) is 8.99. The lowest BCUT2D eigenvalue weighted by Crippen LogP contribution is -2.41. The number of hydrogen-bond acceptors (Lipinski definition) is 4. The maximum absolute atomic E-state index is 12.4. The monoisotopic (exact) mass is 358 g/mol. The van der Waals surface area contributed by atoms with Gasteiger partial charge in [-0.1, -0.05) is 29.8 Å². The fourth-order valence-corrected chi connectivity index (χ4v) is 3.36. The van der Waals surface area contributed by atoms with Crippen molar-refractivity contribution < 1.29 is 4.79 Å². The topological polar surface area (TPSA) is 58.1 Å². The van der Waals surface area contributed by atoms with E-state index < -0.39 is 0 Å². The summed E-state index contributed by atoms with van der Waals surface area (Å²) in [6.45, 7) is 6.03. The summed E-state index contributed by atoms with van der Waals surface area (Å²) in [4.78, 5) is 23.6. The van der Waals surface area contributed by atoms with Gasteiger partial charge in [-0.3, -0.25) is 4.79 Å². The van der Waals surface area contributed by atoms with E-state index in [9.17, 15) is 4.79 Å². The normalized spacial score (nSPS) is 15.2. The molecule has 1 saturated heterocycles. The van der Waals surface area contributed by atoms with E-state index in [4.69, 9.17) is 11.6 Å². The van der Waals surface area contributed by atoms with Crippen LogP contribution in [0, 0.1) is 19.8 Å². The third-order valence-electron chi connectivity index (χ3n) is 4.53. The number of nitrogens with one attached hydrogen (secondary N) is 1. The van der Waals surface area contributed by atoms with E-state index in [0.717, 1.165) is 48.8 Å². The highest BCUT2D eigenvalue weighted by Crippen LogP contribution is 2.22. The van der Waals surface area contributed by atoms with Crippen molar-refractivity contribution in [2.75, 3.05) is 18.0 Å². The molecule has 1 aliphatic heterocycles. The van der Waals surface area contributed by atoms with Crippen LogP contribution in [0.5, 0.6) is 0 Å². The summed E-state index contributed by atoms with van der Waals surface area (Å²) in [5, 5.41) is 3.69. The van der Waals surface area contributed by atoms with Gasteiger partial charge in [-0.15, -0.1) is 0 Å². The summed E-state index contributed by atoms with van der Waals surface area (Å²) in [6.07, 6.45) is 1.62. The predicted molar refractivity (Wildman–Crippen MR) is 99.7 cm³/mol. The highest BCUT2D eigenvalue weighted by molar-refractivity contribution is 6.31. The van der Waals surface area contributed by atoms with Gasteiger partial charge in [0, 0.05) is 42.0 Å². The number of halogens is 1. The third-order valence-corrected chi connectivity index (χ3v) is 4.90. The van der Waals surface area contributed by atoms with E-state index in [1.165, 1.54) is 0 Å². The SMILES string of the molecule is Cc1cc(C)nc(N2CCC(C(=O)NCc3ccccc3Cl)CC2)n1. The van der Waals surface area contributed by atoms with Crippen LogP contribution in [0.4, 0.5) is 5.95 Å². The van der Waals surface area contributed by atoms with Crippen LogP contribution in [0.25, 0.3) is 0 Å². The minimum absolute atomic E-state index is 0.0321. The summed E-state index contributed by atoms with van der Waals surface area (Å²) in [5.74, 6) is 0.901. The van der Waals surface area contributed by atoms with Crippen molar-refractivity contribution in [3.63, 3.8) is 0 Å². The number of carbonyl (C=O) groups is 1. The number of aryl methyl sites for hydroxylation is 2. The van der Waals surface area contributed by atoms with Gasteiger partial charge in [0.2, 0.25) is 11.9 Å². The van der Waals surface area contributed by atoms with Crippen LogP contribution < -0.4 is 10.2 Å². The van der Waals surface area contributed by atoms with Gasteiger partial charge in [0.05, 0.1) is 0 Å². The molecule has 0 bridgehead atoms. The second-order valence-corrected chi connectivity index (χ2v) is 6.93. The number of carbonyl (C=O) groups excluding carboxylic acids is 1. The number of benzene rings is 1. The fourth-order valence-electron chi connectivity index (χ4n) is 3.16. The van der Waals surface area contributed by atoms with Crippen LogP contribution in [-0.4, -0.2) is 29.0 Å². The van der Waals surface area contributed by atoms with Crippen molar-refractivity contribution >= 4 is 23.5 Å². The Morgan fingerprint density at radius 1 is 1.20 bits per heavy atom. The molecular weight excluding hydrogens is 336 g/mol. The Morgan fingerprint density at radius 2 is 1.84 bits per heavy atom. The molecule has 132 valence electrons. The Labute approximate surface area is 153 Å². The van der Waals surface area contributed by atoms with Crippen LogP contribution in [0.1, 0.15) is 29.8 Å². The summed E-state index contributed by atoms with van der Waals surface area (Å²) < 4.78 is 0. The third kappa shape index (κ3) is 4.48. The van der Waals surface area contributed by atoms with Crippen molar-refractivity contribution in [3.05, 3.63) is 52.3 Å². The Kier molecular flexibility index (Phi) is 5.53. The van der Waals surface area contributed by atoms with Gasteiger partial charge in [-0.2, -0.15) is 0 Å². The number of rotatable bonds is 4. The highest BCUT2D eigenvalue weighted by atomic mass is 35.5. The van der Waals surface area contributed by atoms with Crippen molar-refractivity contribution in [1.29, 1.82) is 0 Å². The van der Waals surface area contributed by atoms with Crippen LogP contribution in [0.2, 0.25) is 5.02 Å². The lowest BCUT2D eigenvalue weighted by atomic mass is 9.96. The van der Waals surface area contributed by atoms with E-state index in [2.05, 4.69) is 20.2 Å². The zero-order chi connectivity index (χ0) is 17.8. The average Bonchev–Trinajstić information content (AvgIpc) is 2.60. The molecule has 0 spiro atoms. The van der Waals surface area contributed by atoms with Gasteiger partial charge < -0.3 is 10.2 Å². The fraction of sp³-hybridized carbons (Fsp3) is 0.421. The minimum atomic E-state index is 0.0321. The van der Waals surface area contributed by atoms with Crippen molar-refractivity contribution in [2.45, 2.75) is 33.2 Å². The summed E-state index contributed by atoms with van der Waals surface area (Å²) >= 11 is 6.13. The van der Waals surface area contributed by atoms with Crippen molar-refractivity contribution in [2.24, 2.45) is 5.92 Å². The number of anilines is 1. The Bertz CT molecular complexity index is 737. The Hall–Kier alpha value is -2.14. The first-order valence-electron chi connectivity index (χ1n) is 8.61. The average molecular weight is 359 g/mol. The van der Waals surface area contributed by atoms with Crippen molar-refractivity contribution in [3.8, 4) is 0 Å². The van der Waals surface area contributed by atoms with Gasteiger partial charge in [-0.05, 0) is 44.4 Å². The lowest BCUT2D eigenvalue weighted by molar-refractivity contribution is -0.125. The predicted octanol–water partition coefficient (Wildman–Crippen LogP) is 3.28. The second kappa shape index (κ2) is 7.83. The summed E-state index contributed by atoms with van der Waals surface area (Å²) in [7, 11) is 0. The summed E-state index contributed by atoms with van der Waals surface area (Å²) in [6, 6.07) is 9.56. The highest BCUT2D eigenvalue weighted by Gasteiger charge is 2.26. The van der Waals surface area contributed by atoms with Crippen molar-refractivity contribution in [1.82, 2.24) is 15.3 Å². The van der Waals surface area contributed by atoms with E-state index >= 15 is 0 Å². The maximum atomic E-state index is 12.4.